The minimum absolute atomic E-state index is 0.713. The summed E-state index contributed by atoms with van der Waals surface area (Å²) >= 11 is 0. The van der Waals surface area contributed by atoms with Gasteiger partial charge in [0.05, 0.1) is 0 Å². The molecule has 0 fully saturated rings. The van der Waals surface area contributed by atoms with Crippen molar-refractivity contribution in [2.75, 3.05) is 0 Å². The van der Waals surface area contributed by atoms with Gasteiger partial charge in [0, 0.05) is 5.92 Å². The molecule has 0 aliphatic heterocycles. The maximum atomic E-state index is 3.05. The van der Waals surface area contributed by atoms with Crippen molar-refractivity contribution in [3.05, 3.63) is 17.4 Å². The number of hydrogen-bond donors (Lipinski definition) is 0. The minimum atomic E-state index is 0.713. The average molecular weight is 80.1 g/mol. The van der Waals surface area contributed by atoms with Crippen molar-refractivity contribution in [1.29, 1.82) is 0 Å². The summed E-state index contributed by atoms with van der Waals surface area (Å²) in [5.41, 5.74) is 4.43. The first-order valence-corrected chi connectivity index (χ1v) is 2.24. The molecule has 0 spiro atoms. The molecule has 0 bridgehead atoms. The maximum Gasteiger partial charge on any atom is 0.00973 e. The van der Waals surface area contributed by atoms with Crippen molar-refractivity contribution in [2.45, 2.75) is 13.8 Å². The molecular formula is C6H8. The smallest absolute Gasteiger partial charge is 0.00973 e. The summed E-state index contributed by atoms with van der Waals surface area (Å²) in [4.78, 5) is 0. The Morgan fingerprint density at radius 3 is 2.33 bits per heavy atom. The van der Waals surface area contributed by atoms with Crippen LogP contribution >= 0.6 is 0 Å². The fourth-order valence-electron chi connectivity index (χ4n) is 0.417. The van der Waals surface area contributed by atoms with Crippen molar-refractivity contribution in [3.63, 3.8) is 0 Å². The van der Waals surface area contributed by atoms with Crippen LogP contribution in [0.3, 0.4) is 0 Å². The molecule has 6 heavy (non-hydrogen) atoms. The quantitative estimate of drug-likeness (QED) is 0.389. The Hall–Kier alpha value is -0.480. The van der Waals surface area contributed by atoms with Gasteiger partial charge >= 0.3 is 0 Å². The first-order chi connectivity index (χ1) is 2.80. The summed E-state index contributed by atoms with van der Waals surface area (Å²) in [5, 5.41) is 0. The SMILES string of the molecule is CC1=C=CC1C. The molecule has 1 aliphatic rings. The number of allylic oxidation sites excluding steroid dienone is 1. The zero-order valence-corrected chi connectivity index (χ0v) is 4.15. The van der Waals surface area contributed by atoms with Crippen LogP contribution in [0.2, 0.25) is 0 Å². The fourth-order valence-corrected chi connectivity index (χ4v) is 0.417. The molecule has 0 aromatic carbocycles. The molecule has 1 atom stereocenters. The zero-order valence-electron chi connectivity index (χ0n) is 4.15. The predicted octanol–water partition coefficient (Wildman–Crippen LogP) is 1.74. The highest BCUT2D eigenvalue weighted by molar-refractivity contribution is 5.17. The van der Waals surface area contributed by atoms with Crippen molar-refractivity contribution in [2.24, 2.45) is 5.92 Å². The van der Waals surface area contributed by atoms with Crippen LogP contribution in [0, 0.1) is 5.92 Å². The van der Waals surface area contributed by atoms with Crippen molar-refractivity contribution in [3.8, 4) is 0 Å². The molecule has 1 rings (SSSR count). The van der Waals surface area contributed by atoms with Crippen LogP contribution in [0.4, 0.5) is 0 Å². The summed E-state index contributed by atoms with van der Waals surface area (Å²) in [6.45, 7) is 4.27. The Kier molecular flexibility index (Phi) is 0.611. The molecule has 0 amide bonds. The molecule has 0 radical (unpaired) electrons. The molecule has 0 nitrogen and oxygen atoms in total. The first kappa shape index (κ1) is 3.70. The van der Waals surface area contributed by atoms with Gasteiger partial charge in [0.1, 0.15) is 0 Å². The normalized spacial score (nSPS) is 29.0. The van der Waals surface area contributed by atoms with E-state index in [4.69, 9.17) is 0 Å². The lowest BCUT2D eigenvalue weighted by Gasteiger charge is -2.07. The van der Waals surface area contributed by atoms with Crippen LogP contribution in [0.5, 0.6) is 0 Å². The predicted molar refractivity (Wildman–Crippen MR) is 26.4 cm³/mol. The molecular weight excluding hydrogens is 72.1 g/mol. The average Bonchev–Trinajstić information content (AvgIpc) is 1.61. The highest BCUT2D eigenvalue weighted by Gasteiger charge is 2.02. The highest BCUT2D eigenvalue weighted by atomic mass is 14.1. The van der Waals surface area contributed by atoms with Gasteiger partial charge < -0.3 is 0 Å². The standard InChI is InChI=1S/C6H8/c1-5-3-4-6(5)2/h3,5H,1-2H3. The van der Waals surface area contributed by atoms with E-state index in [2.05, 4.69) is 25.7 Å². The van der Waals surface area contributed by atoms with Crippen LogP contribution in [-0.2, 0) is 0 Å². The van der Waals surface area contributed by atoms with E-state index < -0.39 is 0 Å². The van der Waals surface area contributed by atoms with Crippen LogP contribution in [0.1, 0.15) is 13.8 Å². The Morgan fingerprint density at radius 1 is 1.83 bits per heavy atom. The fraction of sp³-hybridized carbons (Fsp3) is 0.500. The third kappa shape index (κ3) is 0.308. The summed E-state index contributed by atoms with van der Waals surface area (Å²) < 4.78 is 0. The van der Waals surface area contributed by atoms with Gasteiger partial charge in [-0.1, -0.05) is 6.92 Å². The summed E-state index contributed by atoms with van der Waals surface area (Å²) in [7, 11) is 0. The summed E-state index contributed by atoms with van der Waals surface area (Å²) in [6.07, 6.45) is 2.08. The molecule has 0 aromatic heterocycles. The van der Waals surface area contributed by atoms with Crippen LogP contribution in [-0.4, -0.2) is 0 Å². The molecule has 0 N–H and O–H groups in total. The van der Waals surface area contributed by atoms with E-state index in [-0.39, 0.29) is 0 Å². The lowest BCUT2D eigenvalue weighted by atomic mass is 9.96. The van der Waals surface area contributed by atoms with Crippen molar-refractivity contribution >= 4 is 0 Å². The Bertz CT molecular complexity index is 114. The van der Waals surface area contributed by atoms with Gasteiger partial charge in [0.2, 0.25) is 0 Å². The minimum Gasteiger partial charge on any atom is -0.125 e. The molecule has 0 aromatic rings. The molecule has 0 heterocycles. The second-order valence-electron chi connectivity index (χ2n) is 1.78. The monoisotopic (exact) mass is 80.1 g/mol. The van der Waals surface area contributed by atoms with Gasteiger partial charge in [-0.05, 0) is 18.6 Å². The van der Waals surface area contributed by atoms with E-state index >= 15 is 0 Å². The third-order valence-corrected chi connectivity index (χ3v) is 1.24. The number of hydrogen-bond acceptors (Lipinski definition) is 0. The summed E-state index contributed by atoms with van der Waals surface area (Å²) in [6, 6.07) is 0. The van der Waals surface area contributed by atoms with Crippen LogP contribution in [0.25, 0.3) is 0 Å². The Labute approximate surface area is 38.2 Å². The largest absolute Gasteiger partial charge is 0.125 e. The van der Waals surface area contributed by atoms with Gasteiger partial charge in [-0.2, -0.15) is 0 Å². The lowest BCUT2D eigenvalue weighted by molar-refractivity contribution is 0.827. The van der Waals surface area contributed by atoms with Gasteiger partial charge in [-0.15, -0.1) is 5.73 Å². The van der Waals surface area contributed by atoms with Gasteiger partial charge in [0.25, 0.3) is 0 Å². The lowest BCUT2D eigenvalue weighted by Crippen LogP contribution is -1.95. The maximum absolute atomic E-state index is 3.05. The van der Waals surface area contributed by atoms with E-state index in [1.54, 1.807) is 0 Å². The van der Waals surface area contributed by atoms with Crippen molar-refractivity contribution < 1.29 is 0 Å². The zero-order chi connectivity index (χ0) is 4.57. The molecule has 1 aliphatic carbocycles. The third-order valence-electron chi connectivity index (χ3n) is 1.24. The second kappa shape index (κ2) is 0.990. The molecule has 32 valence electrons. The van der Waals surface area contributed by atoms with E-state index in [1.807, 2.05) is 0 Å². The molecule has 0 heteroatoms. The van der Waals surface area contributed by atoms with E-state index in [1.165, 1.54) is 5.57 Å². The highest BCUT2D eigenvalue weighted by Crippen LogP contribution is 2.15. The molecule has 0 saturated heterocycles. The Balaban J connectivity index is 2.70. The topological polar surface area (TPSA) is 0 Å². The number of rotatable bonds is 0. The van der Waals surface area contributed by atoms with Crippen molar-refractivity contribution in [1.82, 2.24) is 0 Å². The van der Waals surface area contributed by atoms with Gasteiger partial charge in [-0.25, -0.2) is 0 Å². The summed E-state index contributed by atoms with van der Waals surface area (Å²) in [5.74, 6) is 0.713. The van der Waals surface area contributed by atoms with E-state index in [9.17, 15) is 0 Å². The van der Waals surface area contributed by atoms with Crippen LogP contribution in [0.15, 0.2) is 17.4 Å². The first-order valence-electron chi connectivity index (χ1n) is 2.24. The van der Waals surface area contributed by atoms with E-state index in [0.29, 0.717) is 5.92 Å². The van der Waals surface area contributed by atoms with Gasteiger partial charge in [0.15, 0.2) is 0 Å². The van der Waals surface area contributed by atoms with Crippen LogP contribution < -0.4 is 0 Å². The Morgan fingerprint density at radius 2 is 2.33 bits per heavy atom. The second-order valence-corrected chi connectivity index (χ2v) is 1.78. The van der Waals surface area contributed by atoms with E-state index in [0.717, 1.165) is 0 Å². The van der Waals surface area contributed by atoms with Gasteiger partial charge in [-0.3, -0.25) is 0 Å². The molecule has 1 unspecified atom stereocenters. The molecule has 0 saturated carbocycles.